The monoisotopic (exact) mass is 505 g/mol. The van der Waals surface area contributed by atoms with Crippen molar-refractivity contribution in [3.8, 4) is 5.75 Å². The zero-order valence-electron chi connectivity index (χ0n) is 19.5. The van der Waals surface area contributed by atoms with Gasteiger partial charge in [0.05, 0.1) is 12.8 Å². The average molecular weight is 505 g/mol. The summed E-state index contributed by atoms with van der Waals surface area (Å²) in [5, 5.41) is 12.7. The largest absolute Gasteiger partial charge is 0.463 e. The molecule has 0 spiro atoms. The summed E-state index contributed by atoms with van der Waals surface area (Å²) in [6.45, 7) is -0.101. The van der Waals surface area contributed by atoms with Crippen LogP contribution in [-0.4, -0.2) is 45.1 Å². The van der Waals surface area contributed by atoms with Gasteiger partial charge in [-0.3, -0.25) is 23.9 Å². The molecule has 0 aliphatic carbocycles. The molecule has 0 radical (unpaired) electrons. The molecule has 1 aromatic heterocycles. The summed E-state index contributed by atoms with van der Waals surface area (Å²) in [4.78, 5) is 49.4. The van der Waals surface area contributed by atoms with Gasteiger partial charge in [-0.2, -0.15) is 0 Å². The predicted molar refractivity (Wildman–Crippen MR) is 131 cm³/mol. The summed E-state index contributed by atoms with van der Waals surface area (Å²) in [5.74, 6) is -0.945. The van der Waals surface area contributed by atoms with Crippen LogP contribution in [0.3, 0.4) is 0 Å². The van der Waals surface area contributed by atoms with Crippen LogP contribution in [0.5, 0.6) is 5.75 Å². The minimum absolute atomic E-state index is 0.101. The Labute approximate surface area is 210 Å². The predicted octanol–water partition coefficient (Wildman–Crippen LogP) is 2.15. The van der Waals surface area contributed by atoms with E-state index in [1.165, 1.54) is 16.8 Å². The molecule has 1 aliphatic rings. The molecule has 0 fully saturated rings. The number of oxime groups is 1. The molecule has 2 heterocycles. The minimum atomic E-state index is -0.734. The molecule has 2 atom stereocenters. The number of ether oxygens (including phenoxy) is 3. The van der Waals surface area contributed by atoms with Gasteiger partial charge in [0.1, 0.15) is 24.2 Å². The van der Waals surface area contributed by atoms with Crippen LogP contribution in [-0.2, 0) is 19.1 Å². The van der Waals surface area contributed by atoms with Crippen LogP contribution in [0, 0.1) is 0 Å². The third-order valence-corrected chi connectivity index (χ3v) is 5.38. The lowest BCUT2D eigenvalue weighted by Gasteiger charge is -2.15. The van der Waals surface area contributed by atoms with E-state index in [0.29, 0.717) is 11.3 Å². The van der Waals surface area contributed by atoms with Crippen LogP contribution in [0.2, 0.25) is 0 Å². The number of esters is 2. The highest BCUT2D eigenvalue weighted by molar-refractivity contribution is 6.12. The van der Waals surface area contributed by atoms with Gasteiger partial charge < -0.3 is 19.4 Å². The highest BCUT2D eigenvalue weighted by atomic mass is 16.6. The first-order valence-electron chi connectivity index (χ1n) is 11.3. The summed E-state index contributed by atoms with van der Waals surface area (Å²) < 4.78 is 17.2. The number of nitrogens with zero attached hydrogens (tertiary/aromatic N) is 2. The first-order valence-corrected chi connectivity index (χ1v) is 11.3. The van der Waals surface area contributed by atoms with Crippen molar-refractivity contribution in [1.82, 2.24) is 9.55 Å². The molecule has 4 rings (SSSR count). The Hall–Kier alpha value is -4.77. The highest BCUT2D eigenvalue weighted by Crippen LogP contribution is 2.20. The number of nitrogens with one attached hydrogen (secondary N) is 1. The van der Waals surface area contributed by atoms with Crippen LogP contribution < -0.4 is 16.0 Å². The van der Waals surface area contributed by atoms with Gasteiger partial charge >= 0.3 is 17.6 Å². The molecule has 0 amide bonds. The summed E-state index contributed by atoms with van der Waals surface area (Å²) >= 11 is 0. The number of aromatic amines is 1. The number of H-pyrrole nitrogens is 1. The summed E-state index contributed by atoms with van der Waals surface area (Å²) in [5.41, 5.74) is 0.601. The molecule has 2 unspecified atom stereocenters. The van der Waals surface area contributed by atoms with E-state index in [-0.39, 0.29) is 25.2 Å². The van der Waals surface area contributed by atoms with Crippen LogP contribution in [0.25, 0.3) is 0 Å². The van der Waals surface area contributed by atoms with E-state index in [1.54, 1.807) is 36.4 Å². The van der Waals surface area contributed by atoms with E-state index in [0.717, 1.165) is 5.56 Å². The van der Waals surface area contributed by atoms with Crippen molar-refractivity contribution < 1.29 is 29.0 Å². The zero-order valence-corrected chi connectivity index (χ0v) is 19.5. The number of hydrogen-bond acceptors (Lipinski definition) is 9. The summed E-state index contributed by atoms with van der Waals surface area (Å²) in [7, 11) is 0. The Bertz CT molecular complexity index is 1420. The van der Waals surface area contributed by atoms with E-state index in [2.05, 4.69) is 10.1 Å². The van der Waals surface area contributed by atoms with Crippen molar-refractivity contribution in [1.29, 1.82) is 0 Å². The molecule has 11 heteroatoms. The number of aromatic nitrogens is 2. The van der Waals surface area contributed by atoms with Gasteiger partial charge in [0, 0.05) is 23.4 Å². The average Bonchev–Trinajstić information content (AvgIpc) is 3.37. The SMILES string of the molecule is O=C(CCC(=O)Oc1ccc(/C(=N/O)c2ccccc2)cc1)OCC1C=CC(n2ccc(=O)[nH]c2=O)O1. The molecule has 2 N–H and O–H groups in total. The zero-order chi connectivity index (χ0) is 26.2. The topological polar surface area (TPSA) is 149 Å². The number of carbonyl (C=O) groups is 2. The van der Waals surface area contributed by atoms with Crippen molar-refractivity contribution in [2.45, 2.75) is 25.2 Å². The summed E-state index contributed by atoms with van der Waals surface area (Å²) in [6, 6.07) is 16.8. The first kappa shape index (κ1) is 25.3. The lowest BCUT2D eigenvalue weighted by Crippen LogP contribution is -2.32. The van der Waals surface area contributed by atoms with Crippen molar-refractivity contribution in [2.75, 3.05) is 6.61 Å². The van der Waals surface area contributed by atoms with Gasteiger partial charge in [0.25, 0.3) is 5.56 Å². The lowest BCUT2D eigenvalue weighted by molar-refractivity contribution is -0.150. The minimum Gasteiger partial charge on any atom is -0.463 e. The Morgan fingerprint density at radius 2 is 1.65 bits per heavy atom. The number of benzene rings is 2. The number of carbonyl (C=O) groups excluding carboxylic acids is 2. The van der Waals surface area contributed by atoms with Gasteiger partial charge in [-0.25, -0.2) is 4.79 Å². The maximum atomic E-state index is 12.1. The quantitative estimate of drug-likeness (QED) is 0.112. The van der Waals surface area contributed by atoms with E-state index in [1.807, 2.05) is 30.3 Å². The van der Waals surface area contributed by atoms with Crippen LogP contribution >= 0.6 is 0 Å². The van der Waals surface area contributed by atoms with E-state index in [4.69, 9.17) is 14.2 Å². The Kier molecular flexibility index (Phi) is 8.06. The number of hydrogen-bond donors (Lipinski definition) is 2. The second-order valence-electron chi connectivity index (χ2n) is 7.96. The van der Waals surface area contributed by atoms with E-state index < -0.39 is 35.5 Å². The fourth-order valence-electron chi connectivity index (χ4n) is 3.56. The van der Waals surface area contributed by atoms with Gasteiger partial charge in [0.2, 0.25) is 0 Å². The molecule has 37 heavy (non-hydrogen) atoms. The maximum absolute atomic E-state index is 12.1. The molecule has 0 saturated heterocycles. The second kappa shape index (κ2) is 11.8. The van der Waals surface area contributed by atoms with Crippen LogP contribution in [0.4, 0.5) is 0 Å². The van der Waals surface area contributed by atoms with Gasteiger partial charge in [-0.05, 0) is 30.3 Å². The Morgan fingerprint density at radius 3 is 2.35 bits per heavy atom. The van der Waals surface area contributed by atoms with Gasteiger partial charge in [0.15, 0.2) is 6.23 Å². The molecular formula is C26H23N3O8. The lowest BCUT2D eigenvalue weighted by atomic mass is 10.0. The van der Waals surface area contributed by atoms with Gasteiger partial charge in [-0.15, -0.1) is 0 Å². The van der Waals surface area contributed by atoms with Crippen molar-refractivity contribution in [3.05, 3.63) is 111 Å². The van der Waals surface area contributed by atoms with E-state index >= 15 is 0 Å². The van der Waals surface area contributed by atoms with Crippen LogP contribution in [0.15, 0.2) is 93.8 Å². The maximum Gasteiger partial charge on any atom is 0.330 e. The van der Waals surface area contributed by atoms with Crippen LogP contribution in [0.1, 0.15) is 30.2 Å². The molecule has 0 saturated carbocycles. The smallest absolute Gasteiger partial charge is 0.330 e. The van der Waals surface area contributed by atoms with Crippen molar-refractivity contribution in [3.63, 3.8) is 0 Å². The van der Waals surface area contributed by atoms with Gasteiger partial charge in [-0.1, -0.05) is 41.6 Å². The normalized spacial score (nSPS) is 16.9. The highest BCUT2D eigenvalue weighted by Gasteiger charge is 2.23. The third-order valence-electron chi connectivity index (χ3n) is 5.38. The Balaban J connectivity index is 1.20. The fourth-order valence-corrected chi connectivity index (χ4v) is 3.56. The molecular weight excluding hydrogens is 482 g/mol. The molecule has 190 valence electrons. The molecule has 3 aromatic rings. The fraction of sp³-hybridized carbons (Fsp3) is 0.192. The molecule has 11 nitrogen and oxygen atoms in total. The second-order valence-corrected chi connectivity index (χ2v) is 7.96. The number of rotatable bonds is 9. The first-order chi connectivity index (χ1) is 17.9. The summed E-state index contributed by atoms with van der Waals surface area (Å²) in [6.07, 6.45) is 2.86. The molecule has 2 aromatic carbocycles. The standard InChI is InChI=1S/C26H23N3O8/c30-21-14-15-29(26(33)27-21)22-11-10-20(36-22)16-35-23(31)12-13-24(32)37-19-8-6-18(7-9-19)25(28-34)17-4-2-1-3-5-17/h1-11,14-15,20,22,34H,12-13,16H2,(H,27,30,33)/b28-25+. The van der Waals surface area contributed by atoms with Crippen molar-refractivity contribution in [2.24, 2.45) is 5.16 Å². The molecule has 1 aliphatic heterocycles. The third kappa shape index (κ3) is 6.67. The Morgan fingerprint density at radius 1 is 0.946 bits per heavy atom. The van der Waals surface area contributed by atoms with Crippen molar-refractivity contribution >= 4 is 17.7 Å². The molecule has 0 bridgehead atoms. The van der Waals surface area contributed by atoms with E-state index in [9.17, 15) is 24.4 Å².